The number of hydrogen-bond acceptors (Lipinski definition) is 2. The zero-order valence-corrected chi connectivity index (χ0v) is 11.2. The Morgan fingerprint density at radius 2 is 2.05 bits per heavy atom. The third kappa shape index (κ3) is 1.73. The molecule has 0 radical (unpaired) electrons. The smallest absolute Gasteiger partial charge is 0.132 e. The summed E-state index contributed by atoms with van der Waals surface area (Å²) >= 11 is 6.04. The molecular weight excluding hydrogens is 272 g/mol. The van der Waals surface area contributed by atoms with Gasteiger partial charge < -0.3 is 5.32 Å². The highest BCUT2D eigenvalue weighted by Crippen LogP contribution is 2.38. The lowest BCUT2D eigenvalue weighted by Gasteiger charge is -2.03. The average Bonchev–Trinajstić information content (AvgIpc) is 2.99. The van der Waals surface area contributed by atoms with Crippen LogP contribution in [0, 0.1) is 0 Å². The van der Waals surface area contributed by atoms with Crippen molar-refractivity contribution in [1.29, 1.82) is 0 Å². The van der Waals surface area contributed by atoms with Gasteiger partial charge in [-0.25, -0.2) is 0 Å². The second-order valence-corrected chi connectivity index (χ2v) is 5.09. The minimum Gasteiger partial charge on any atom is -0.339 e. The number of benzene rings is 1. The summed E-state index contributed by atoms with van der Waals surface area (Å²) in [6.45, 7) is 0. The maximum Gasteiger partial charge on any atom is 0.132 e. The van der Waals surface area contributed by atoms with Crippen molar-refractivity contribution in [2.45, 2.75) is 0 Å². The van der Waals surface area contributed by atoms with Crippen LogP contribution in [0.25, 0.3) is 22.0 Å². The van der Waals surface area contributed by atoms with Gasteiger partial charge in [-0.15, -0.1) is 0 Å². The van der Waals surface area contributed by atoms with E-state index in [1.807, 2.05) is 30.3 Å². The number of nitrogens with one attached hydrogen (secondary N) is 3. The quantitative estimate of drug-likeness (QED) is 0.510. The second kappa shape index (κ2) is 4.28. The Morgan fingerprint density at radius 1 is 1.10 bits per heavy atom. The van der Waals surface area contributed by atoms with E-state index in [9.17, 15) is 0 Å². The summed E-state index contributed by atoms with van der Waals surface area (Å²) in [4.78, 5) is 4.10. The van der Waals surface area contributed by atoms with Crippen LogP contribution in [0.2, 0.25) is 5.02 Å². The van der Waals surface area contributed by atoms with E-state index in [1.54, 1.807) is 12.4 Å². The van der Waals surface area contributed by atoms with Crippen molar-refractivity contribution in [1.82, 2.24) is 15.2 Å². The Morgan fingerprint density at radius 3 is 2.90 bits per heavy atom. The Bertz CT molecular complexity index is 847. The molecule has 1 aliphatic carbocycles. The maximum atomic E-state index is 6.04. The van der Waals surface area contributed by atoms with Gasteiger partial charge in [-0.05, 0) is 35.7 Å². The number of halogens is 1. The molecule has 20 heavy (non-hydrogen) atoms. The molecule has 98 valence electrons. The van der Waals surface area contributed by atoms with E-state index < -0.39 is 0 Å². The van der Waals surface area contributed by atoms with Crippen LogP contribution in [0.4, 0.5) is 11.5 Å². The fourth-order valence-electron chi connectivity index (χ4n) is 2.46. The first kappa shape index (κ1) is 11.4. The summed E-state index contributed by atoms with van der Waals surface area (Å²) in [5, 5.41) is 12.7. The molecule has 0 unspecified atom stereocenters. The van der Waals surface area contributed by atoms with Gasteiger partial charge in [-0.3, -0.25) is 15.2 Å². The molecule has 0 spiro atoms. The van der Waals surface area contributed by atoms with Gasteiger partial charge in [0.25, 0.3) is 0 Å². The molecule has 2 heterocycles. The molecule has 1 aliphatic heterocycles. The molecule has 2 aliphatic rings. The fraction of sp³-hybridized carbons (Fsp3) is 0. The van der Waals surface area contributed by atoms with Gasteiger partial charge in [-0.2, -0.15) is 0 Å². The summed E-state index contributed by atoms with van der Waals surface area (Å²) < 4.78 is 0. The number of anilines is 2. The van der Waals surface area contributed by atoms with Gasteiger partial charge in [0, 0.05) is 22.2 Å². The minimum absolute atomic E-state index is 0.746. The predicted octanol–water partition coefficient (Wildman–Crippen LogP) is 4.39. The van der Waals surface area contributed by atoms with Crippen LogP contribution in [0.15, 0.2) is 48.8 Å². The molecule has 1 aromatic carbocycles. The Kier molecular flexibility index (Phi) is 2.44. The monoisotopic (exact) mass is 282 g/mol. The Hall–Kier alpha value is -2.46. The van der Waals surface area contributed by atoms with Crippen molar-refractivity contribution in [3.63, 3.8) is 0 Å². The van der Waals surface area contributed by atoms with Gasteiger partial charge in [-0.1, -0.05) is 17.7 Å². The van der Waals surface area contributed by atoms with Gasteiger partial charge in [0.15, 0.2) is 0 Å². The third-order valence-electron chi connectivity index (χ3n) is 3.36. The van der Waals surface area contributed by atoms with Crippen LogP contribution in [0.5, 0.6) is 0 Å². The fourth-order valence-corrected chi connectivity index (χ4v) is 2.64. The molecule has 1 aromatic heterocycles. The highest BCUT2D eigenvalue weighted by molar-refractivity contribution is 6.31. The van der Waals surface area contributed by atoms with E-state index in [2.05, 4.69) is 26.6 Å². The summed E-state index contributed by atoms with van der Waals surface area (Å²) in [7, 11) is 0. The van der Waals surface area contributed by atoms with Crippen LogP contribution in [-0.2, 0) is 0 Å². The number of fused-ring (bicyclic) bond motifs is 3. The molecule has 4 rings (SSSR count). The normalized spacial score (nSPS) is 11.2. The summed E-state index contributed by atoms with van der Waals surface area (Å²) in [6, 6.07) is 11.9. The SMILES string of the molecule is Clc1ccc2c3[nH][nH]c(Nc4cccnc4)c-3cc2c1. The number of pyridine rings is 1. The molecule has 3 N–H and O–H groups in total. The van der Waals surface area contributed by atoms with Crippen LogP contribution in [-0.4, -0.2) is 15.2 Å². The number of hydrogen-bond donors (Lipinski definition) is 3. The number of nitrogens with zero attached hydrogens (tertiary/aromatic N) is 1. The predicted molar refractivity (Wildman–Crippen MR) is 81.8 cm³/mol. The molecule has 0 saturated heterocycles. The van der Waals surface area contributed by atoms with Crippen molar-refractivity contribution < 1.29 is 0 Å². The largest absolute Gasteiger partial charge is 0.339 e. The first-order chi connectivity index (χ1) is 9.81. The van der Waals surface area contributed by atoms with E-state index >= 15 is 0 Å². The average molecular weight is 283 g/mol. The van der Waals surface area contributed by atoms with Crippen LogP contribution in [0.1, 0.15) is 0 Å². The molecule has 0 saturated carbocycles. The second-order valence-electron chi connectivity index (χ2n) is 4.66. The van der Waals surface area contributed by atoms with Crippen LogP contribution < -0.4 is 5.32 Å². The van der Waals surface area contributed by atoms with Gasteiger partial charge in [0.2, 0.25) is 0 Å². The molecule has 5 heteroatoms. The zero-order valence-electron chi connectivity index (χ0n) is 10.4. The highest BCUT2D eigenvalue weighted by Gasteiger charge is 2.16. The van der Waals surface area contributed by atoms with E-state index in [0.717, 1.165) is 38.6 Å². The summed E-state index contributed by atoms with van der Waals surface area (Å²) in [5.74, 6) is 0.917. The lowest BCUT2D eigenvalue weighted by Crippen LogP contribution is -1.91. The Labute approximate surface area is 120 Å². The van der Waals surface area contributed by atoms with Gasteiger partial charge in [0.05, 0.1) is 17.6 Å². The minimum atomic E-state index is 0.746. The molecule has 0 bridgehead atoms. The van der Waals surface area contributed by atoms with Crippen molar-refractivity contribution in [3.8, 4) is 11.3 Å². The van der Waals surface area contributed by atoms with Crippen molar-refractivity contribution >= 4 is 33.9 Å². The highest BCUT2D eigenvalue weighted by atomic mass is 35.5. The number of aromatic nitrogens is 3. The lowest BCUT2D eigenvalue weighted by molar-refractivity contribution is 1.11. The van der Waals surface area contributed by atoms with Crippen molar-refractivity contribution in [2.24, 2.45) is 0 Å². The molecule has 2 aromatic rings. The van der Waals surface area contributed by atoms with E-state index in [4.69, 9.17) is 11.6 Å². The maximum absolute atomic E-state index is 6.04. The topological polar surface area (TPSA) is 56.5 Å². The van der Waals surface area contributed by atoms with Crippen LogP contribution >= 0.6 is 11.6 Å². The number of aromatic amines is 2. The molecule has 0 amide bonds. The van der Waals surface area contributed by atoms with Gasteiger partial charge >= 0.3 is 0 Å². The molecular formula is C15H11ClN4. The molecule has 4 nitrogen and oxygen atoms in total. The molecule has 0 fully saturated rings. The van der Waals surface area contributed by atoms with E-state index in [1.165, 1.54) is 0 Å². The zero-order chi connectivity index (χ0) is 13.5. The van der Waals surface area contributed by atoms with E-state index in [0.29, 0.717) is 0 Å². The molecule has 0 atom stereocenters. The first-order valence-electron chi connectivity index (χ1n) is 6.26. The summed E-state index contributed by atoms with van der Waals surface area (Å²) in [5.41, 5.74) is 3.11. The third-order valence-corrected chi connectivity index (χ3v) is 3.60. The number of H-pyrrole nitrogens is 2. The Balaban J connectivity index is 1.82. The lowest BCUT2D eigenvalue weighted by atomic mass is 10.2. The van der Waals surface area contributed by atoms with E-state index in [-0.39, 0.29) is 0 Å². The standard InChI is InChI=1S/C15H11ClN4/c16-10-3-4-12-9(6-10)7-13-14(12)19-20-15(13)18-11-2-1-5-17-8-11/h1-8,18-20H. The van der Waals surface area contributed by atoms with Crippen LogP contribution in [0.3, 0.4) is 0 Å². The van der Waals surface area contributed by atoms with Gasteiger partial charge in [0.1, 0.15) is 5.82 Å². The summed E-state index contributed by atoms with van der Waals surface area (Å²) in [6.07, 6.45) is 3.53. The van der Waals surface area contributed by atoms with Crippen molar-refractivity contribution in [3.05, 3.63) is 53.8 Å². The number of rotatable bonds is 2. The van der Waals surface area contributed by atoms with Crippen molar-refractivity contribution in [2.75, 3.05) is 5.32 Å². The first-order valence-corrected chi connectivity index (χ1v) is 6.64.